The average molecular weight is 313 g/mol. The standard InChI is InChI=1S/C17H23N5O/c1-2-14-9-6-10-21(12-14)17(23)16(22-13-18-19-20-22)11-15-7-4-3-5-8-15/h3-5,7-8,13-14,16H,2,6,9-12H2,1H3. The van der Waals surface area contributed by atoms with E-state index in [1.165, 1.54) is 12.7 Å². The molecule has 1 aliphatic rings. The minimum Gasteiger partial charge on any atom is -0.341 e. The largest absolute Gasteiger partial charge is 0.341 e. The summed E-state index contributed by atoms with van der Waals surface area (Å²) in [5.41, 5.74) is 1.12. The van der Waals surface area contributed by atoms with Gasteiger partial charge in [-0.3, -0.25) is 4.79 Å². The van der Waals surface area contributed by atoms with Gasteiger partial charge >= 0.3 is 0 Å². The molecule has 2 atom stereocenters. The number of amides is 1. The number of carbonyl (C=O) groups excluding carboxylic acids is 1. The molecule has 2 aromatic rings. The number of nitrogens with zero attached hydrogens (tertiary/aromatic N) is 5. The summed E-state index contributed by atoms with van der Waals surface area (Å²) >= 11 is 0. The SMILES string of the molecule is CCC1CCCN(C(=O)C(Cc2ccccc2)n2cnnn2)C1. The van der Waals surface area contributed by atoms with Crippen molar-refractivity contribution in [3.63, 3.8) is 0 Å². The van der Waals surface area contributed by atoms with Crippen LogP contribution in [0, 0.1) is 5.92 Å². The van der Waals surface area contributed by atoms with Crippen LogP contribution < -0.4 is 0 Å². The summed E-state index contributed by atoms with van der Waals surface area (Å²) in [7, 11) is 0. The Balaban J connectivity index is 1.79. The number of benzene rings is 1. The number of rotatable bonds is 5. The van der Waals surface area contributed by atoms with Crippen LogP contribution in [0.4, 0.5) is 0 Å². The van der Waals surface area contributed by atoms with Crippen LogP contribution in [0.25, 0.3) is 0 Å². The highest BCUT2D eigenvalue weighted by Crippen LogP contribution is 2.23. The van der Waals surface area contributed by atoms with Gasteiger partial charge < -0.3 is 4.90 Å². The van der Waals surface area contributed by atoms with Crippen molar-refractivity contribution in [2.75, 3.05) is 13.1 Å². The Labute approximate surface area is 136 Å². The third-order valence-corrected chi connectivity index (χ3v) is 4.65. The molecule has 1 aromatic carbocycles. The second kappa shape index (κ2) is 7.35. The lowest BCUT2D eigenvalue weighted by Crippen LogP contribution is -2.44. The van der Waals surface area contributed by atoms with Crippen molar-refractivity contribution >= 4 is 5.91 Å². The molecule has 2 heterocycles. The minimum atomic E-state index is -0.372. The molecule has 0 aliphatic carbocycles. The Kier molecular flexibility index (Phi) is 5.00. The number of tetrazole rings is 1. The first kappa shape index (κ1) is 15.6. The molecule has 2 unspecified atom stereocenters. The van der Waals surface area contributed by atoms with E-state index in [-0.39, 0.29) is 11.9 Å². The number of likely N-dealkylation sites (tertiary alicyclic amines) is 1. The number of carbonyl (C=O) groups is 1. The Morgan fingerprint density at radius 1 is 1.35 bits per heavy atom. The second-order valence-electron chi connectivity index (χ2n) is 6.20. The van der Waals surface area contributed by atoms with E-state index in [4.69, 9.17) is 0 Å². The molecule has 1 aliphatic heterocycles. The number of hydrogen-bond acceptors (Lipinski definition) is 4. The Hall–Kier alpha value is -2.24. The van der Waals surface area contributed by atoms with Gasteiger partial charge in [-0.2, -0.15) is 0 Å². The van der Waals surface area contributed by atoms with Gasteiger partial charge in [0.1, 0.15) is 12.4 Å². The number of piperidine rings is 1. The first-order chi connectivity index (χ1) is 11.3. The van der Waals surface area contributed by atoms with E-state index in [0.29, 0.717) is 12.3 Å². The van der Waals surface area contributed by atoms with Crippen LogP contribution in [0.2, 0.25) is 0 Å². The first-order valence-electron chi connectivity index (χ1n) is 8.33. The van der Waals surface area contributed by atoms with Crippen LogP contribution in [0.3, 0.4) is 0 Å². The molecule has 122 valence electrons. The molecule has 0 radical (unpaired) electrons. The van der Waals surface area contributed by atoms with Crippen LogP contribution in [0.1, 0.15) is 37.8 Å². The Bertz CT molecular complexity index is 613. The average Bonchev–Trinajstić information content (AvgIpc) is 3.14. The second-order valence-corrected chi connectivity index (χ2v) is 6.20. The first-order valence-corrected chi connectivity index (χ1v) is 8.33. The molecule has 0 bridgehead atoms. The van der Waals surface area contributed by atoms with E-state index in [1.54, 1.807) is 4.68 Å². The van der Waals surface area contributed by atoms with E-state index in [1.807, 2.05) is 35.2 Å². The highest BCUT2D eigenvalue weighted by Gasteiger charge is 2.30. The molecule has 1 aromatic heterocycles. The summed E-state index contributed by atoms with van der Waals surface area (Å²) in [6.45, 7) is 3.88. The van der Waals surface area contributed by atoms with Crippen LogP contribution in [-0.2, 0) is 11.2 Å². The zero-order valence-electron chi connectivity index (χ0n) is 13.5. The number of aromatic nitrogens is 4. The van der Waals surface area contributed by atoms with Crippen molar-refractivity contribution in [2.24, 2.45) is 5.92 Å². The van der Waals surface area contributed by atoms with Crippen LogP contribution in [-0.4, -0.2) is 44.1 Å². The summed E-state index contributed by atoms with van der Waals surface area (Å²) in [5.74, 6) is 0.734. The van der Waals surface area contributed by atoms with Crippen molar-refractivity contribution in [2.45, 2.75) is 38.6 Å². The van der Waals surface area contributed by atoms with Gasteiger partial charge in [-0.1, -0.05) is 43.7 Å². The molecule has 3 rings (SSSR count). The molecule has 1 amide bonds. The predicted octanol–water partition coefficient (Wildman–Crippen LogP) is 2.11. The van der Waals surface area contributed by atoms with Crippen LogP contribution in [0.15, 0.2) is 36.7 Å². The summed E-state index contributed by atoms with van der Waals surface area (Å²) in [6.07, 6.45) is 5.56. The molecule has 6 nitrogen and oxygen atoms in total. The Morgan fingerprint density at radius 3 is 2.87 bits per heavy atom. The molecular formula is C17H23N5O. The van der Waals surface area contributed by atoms with E-state index >= 15 is 0 Å². The fraction of sp³-hybridized carbons (Fsp3) is 0.529. The molecule has 23 heavy (non-hydrogen) atoms. The number of hydrogen-bond donors (Lipinski definition) is 0. The van der Waals surface area contributed by atoms with Gasteiger partial charge in [-0.15, -0.1) is 5.10 Å². The van der Waals surface area contributed by atoms with Crippen LogP contribution in [0.5, 0.6) is 0 Å². The van der Waals surface area contributed by atoms with Crippen molar-refractivity contribution in [1.82, 2.24) is 25.1 Å². The smallest absolute Gasteiger partial charge is 0.247 e. The summed E-state index contributed by atoms with van der Waals surface area (Å²) in [5, 5.41) is 11.4. The fourth-order valence-electron chi connectivity index (χ4n) is 3.25. The quantitative estimate of drug-likeness (QED) is 0.848. The van der Waals surface area contributed by atoms with Gasteiger partial charge in [0, 0.05) is 19.5 Å². The van der Waals surface area contributed by atoms with E-state index in [9.17, 15) is 4.79 Å². The molecule has 1 saturated heterocycles. The summed E-state index contributed by atoms with van der Waals surface area (Å²) in [6, 6.07) is 9.66. The van der Waals surface area contributed by atoms with Crippen LogP contribution >= 0.6 is 0 Å². The summed E-state index contributed by atoms with van der Waals surface area (Å²) < 4.78 is 1.59. The topological polar surface area (TPSA) is 63.9 Å². The van der Waals surface area contributed by atoms with Crippen molar-refractivity contribution in [3.05, 3.63) is 42.2 Å². The monoisotopic (exact) mass is 313 g/mol. The molecule has 0 saturated carbocycles. The predicted molar refractivity (Wildman–Crippen MR) is 86.6 cm³/mol. The molecule has 0 spiro atoms. The zero-order chi connectivity index (χ0) is 16.1. The van der Waals surface area contributed by atoms with E-state index < -0.39 is 0 Å². The maximum absolute atomic E-state index is 13.1. The lowest BCUT2D eigenvalue weighted by atomic mass is 9.94. The van der Waals surface area contributed by atoms with Crippen molar-refractivity contribution < 1.29 is 4.79 Å². The highest BCUT2D eigenvalue weighted by atomic mass is 16.2. The molecule has 0 N–H and O–H groups in total. The summed E-state index contributed by atoms with van der Waals surface area (Å²) in [4.78, 5) is 15.1. The van der Waals surface area contributed by atoms with Gasteiger partial charge in [-0.05, 0) is 34.7 Å². The zero-order valence-corrected chi connectivity index (χ0v) is 13.5. The fourth-order valence-corrected chi connectivity index (χ4v) is 3.25. The van der Waals surface area contributed by atoms with Crippen molar-refractivity contribution in [3.8, 4) is 0 Å². The lowest BCUT2D eigenvalue weighted by Gasteiger charge is -2.34. The van der Waals surface area contributed by atoms with Gasteiger partial charge in [0.05, 0.1) is 0 Å². The lowest BCUT2D eigenvalue weighted by molar-refractivity contribution is -0.137. The molecular weight excluding hydrogens is 290 g/mol. The van der Waals surface area contributed by atoms with Gasteiger partial charge in [0.2, 0.25) is 5.91 Å². The third kappa shape index (κ3) is 3.75. The van der Waals surface area contributed by atoms with E-state index in [2.05, 4.69) is 22.4 Å². The normalized spacial score (nSPS) is 19.5. The van der Waals surface area contributed by atoms with Gasteiger partial charge in [0.15, 0.2) is 0 Å². The maximum atomic E-state index is 13.1. The molecule has 6 heteroatoms. The molecule has 1 fully saturated rings. The Morgan fingerprint density at radius 2 is 2.17 bits per heavy atom. The minimum absolute atomic E-state index is 0.124. The van der Waals surface area contributed by atoms with E-state index in [0.717, 1.165) is 31.5 Å². The highest BCUT2D eigenvalue weighted by molar-refractivity contribution is 5.80. The van der Waals surface area contributed by atoms with Gasteiger partial charge in [0.25, 0.3) is 0 Å². The maximum Gasteiger partial charge on any atom is 0.247 e. The van der Waals surface area contributed by atoms with Crippen molar-refractivity contribution in [1.29, 1.82) is 0 Å². The van der Waals surface area contributed by atoms with Gasteiger partial charge in [-0.25, -0.2) is 4.68 Å². The third-order valence-electron chi connectivity index (χ3n) is 4.65.